The Hall–Kier alpha value is -3.41. The number of para-hydroxylation sites is 1. The van der Waals surface area contributed by atoms with E-state index in [1.807, 2.05) is 68.4 Å². The highest BCUT2D eigenvalue weighted by atomic mass is 16.5. The van der Waals surface area contributed by atoms with Gasteiger partial charge in [0.05, 0.1) is 18.5 Å². The molecule has 3 rings (SSSR count). The van der Waals surface area contributed by atoms with Gasteiger partial charge < -0.3 is 4.74 Å². The Morgan fingerprint density at radius 1 is 1.19 bits per heavy atom. The molecule has 0 radical (unpaired) electrons. The van der Waals surface area contributed by atoms with Crippen LogP contribution in [0.25, 0.3) is 11.3 Å². The van der Waals surface area contributed by atoms with E-state index < -0.39 is 0 Å². The van der Waals surface area contributed by atoms with E-state index in [0.29, 0.717) is 12.3 Å². The number of H-pyrrole nitrogens is 1. The summed E-state index contributed by atoms with van der Waals surface area (Å²) in [5.74, 6) is 0.374. The average Bonchev–Trinajstić information content (AvgIpc) is 3.05. The van der Waals surface area contributed by atoms with Crippen molar-refractivity contribution in [1.29, 1.82) is 0 Å². The molecule has 0 saturated carbocycles. The largest absolute Gasteiger partial charge is 0.493 e. The number of nitrogens with one attached hydrogen (secondary N) is 2. The second-order valence-corrected chi connectivity index (χ2v) is 5.61. The number of rotatable bonds is 6. The molecule has 6 heteroatoms. The van der Waals surface area contributed by atoms with Crippen LogP contribution in [0.5, 0.6) is 5.75 Å². The van der Waals surface area contributed by atoms with Crippen LogP contribution in [0.4, 0.5) is 0 Å². The molecule has 0 aliphatic heterocycles. The maximum atomic E-state index is 12.4. The highest BCUT2D eigenvalue weighted by Crippen LogP contribution is 2.22. The number of aromatic nitrogens is 2. The van der Waals surface area contributed by atoms with E-state index in [-0.39, 0.29) is 5.91 Å². The van der Waals surface area contributed by atoms with Crippen molar-refractivity contribution in [3.05, 3.63) is 71.4 Å². The number of benzene rings is 2. The van der Waals surface area contributed by atoms with Crippen molar-refractivity contribution in [2.75, 3.05) is 6.61 Å². The molecule has 2 N–H and O–H groups in total. The molecule has 0 spiro atoms. The minimum Gasteiger partial charge on any atom is -0.493 e. The molecule has 0 atom stereocenters. The van der Waals surface area contributed by atoms with Gasteiger partial charge >= 0.3 is 0 Å². The van der Waals surface area contributed by atoms with E-state index in [4.69, 9.17) is 4.74 Å². The molecule has 0 saturated heterocycles. The van der Waals surface area contributed by atoms with Gasteiger partial charge in [0.1, 0.15) is 11.4 Å². The molecular weight excluding hydrogens is 328 g/mol. The Bertz CT molecular complexity index is 917. The number of hydrogen-bond donors (Lipinski definition) is 2. The van der Waals surface area contributed by atoms with Crippen molar-refractivity contribution < 1.29 is 9.53 Å². The lowest BCUT2D eigenvalue weighted by Gasteiger charge is -2.05. The minimum absolute atomic E-state index is 0.345. The zero-order chi connectivity index (χ0) is 18.4. The molecule has 6 nitrogen and oxygen atoms in total. The molecule has 2 aromatic carbocycles. The highest BCUT2D eigenvalue weighted by molar-refractivity contribution is 5.96. The summed E-state index contributed by atoms with van der Waals surface area (Å²) in [5.41, 5.74) is 6.19. The van der Waals surface area contributed by atoms with Gasteiger partial charge in [-0.1, -0.05) is 42.5 Å². The molecule has 1 heterocycles. The van der Waals surface area contributed by atoms with Gasteiger partial charge in [-0.3, -0.25) is 9.89 Å². The Balaban J connectivity index is 1.73. The molecule has 0 aliphatic carbocycles. The summed E-state index contributed by atoms with van der Waals surface area (Å²) < 4.78 is 5.53. The Labute approximate surface area is 151 Å². The van der Waals surface area contributed by atoms with Gasteiger partial charge in [-0.25, -0.2) is 5.43 Å². The molecule has 26 heavy (non-hydrogen) atoms. The van der Waals surface area contributed by atoms with Crippen LogP contribution >= 0.6 is 0 Å². The van der Waals surface area contributed by atoms with E-state index in [1.54, 1.807) is 6.21 Å². The fraction of sp³-hybridized carbons (Fsp3) is 0.150. The zero-order valence-corrected chi connectivity index (χ0v) is 14.7. The molecular formula is C20H20N4O2. The van der Waals surface area contributed by atoms with Gasteiger partial charge in [-0.2, -0.15) is 10.2 Å². The number of hydrazone groups is 1. The SMILES string of the molecule is CCOc1ccccc1/C=N\NC(=O)c1[nH]nc(-c2ccccc2)c1C. The van der Waals surface area contributed by atoms with Gasteiger partial charge in [0.25, 0.3) is 5.91 Å². The number of amides is 1. The maximum Gasteiger partial charge on any atom is 0.289 e. The Kier molecular flexibility index (Phi) is 5.43. The highest BCUT2D eigenvalue weighted by Gasteiger charge is 2.16. The second kappa shape index (κ2) is 8.11. The molecule has 0 fully saturated rings. The van der Waals surface area contributed by atoms with Gasteiger partial charge in [0.2, 0.25) is 0 Å². The Morgan fingerprint density at radius 2 is 1.92 bits per heavy atom. The van der Waals surface area contributed by atoms with Gasteiger partial charge in [-0.15, -0.1) is 0 Å². The fourth-order valence-corrected chi connectivity index (χ4v) is 2.59. The quantitative estimate of drug-likeness (QED) is 0.528. The first-order valence-electron chi connectivity index (χ1n) is 8.36. The summed E-state index contributed by atoms with van der Waals surface area (Å²) in [5, 5.41) is 11.1. The molecule has 0 aliphatic rings. The summed E-state index contributed by atoms with van der Waals surface area (Å²) in [6.07, 6.45) is 1.56. The van der Waals surface area contributed by atoms with E-state index in [1.165, 1.54) is 0 Å². The van der Waals surface area contributed by atoms with Crippen LogP contribution in [-0.4, -0.2) is 28.9 Å². The number of hydrogen-bond acceptors (Lipinski definition) is 4. The van der Waals surface area contributed by atoms with Crippen LogP contribution in [-0.2, 0) is 0 Å². The number of aromatic amines is 1. The van der Waals surface area contributed by atoms with Crippen LogP contribution in [0.15, 0.2) is 59.7 Å². The first kappa shape index (κ1) is 17.4. The first-order chi connectivity index (χ1) is 12.7. The second-order valence-electron chi connectivity index (χ2n) is 5.61. The van der Waals surface area contributed by atoms with Crippen molar-refractivity contribution in [2.45, 2.75) is 13.8 Å². The standard InChI is InChI=1S/C20H20N4O2/c1-3-26-17-12-8-7-11-16(17)13-21-24-20(25)19-14(2)18(22-23-19)15-9-5-4-6-10-15/h4-13H,3H2,1-2H3,(H,22,23)(H,24,25)/b21-13-. The third kappa shape index (κ3) is 3.80. The lowest BCUT2D eigenvalue weighted by Crippen LogP contribution is -2.19. The molecule has 3 aromatic rings. The van der Waals surface area contributed by atoms with Gasteiger partial charge in [-0.05, 0) is 26.0 Å². The molecule has 132 valence electrons. The van der Waals surface area contributed by atoms with Crippen molar-refractivity contribution in [2.24, 2.45) is 5.10 Å². The van der Waals surface area contributed by atoms with E-state index in [2.05, 4.69) is 20.7 Å². The van der Waals surface area contributed by atoms with Crippen molar-refractivity contribution >= 4 is 12.1 Å². The summed E-state index contributed by atoms with van der Waals surface area (Å²) in [7, 11) is 0. The third-order valence-electron chi connectivity index (χ3n) is 3.87. The average molecular weight is 348 g/mol. The lowest BCUT2D eigenvalue weighted by molar-refractivity contribution is 0.0949. The van der Waals surface area contributed by atoms with Crippen molar-refractivity contribution in [3.63, 3.8) is 0 Å². The zero-order valence-electron chi connectivity index (χ0n) is 14.7. The van der Waals surface area contributed by atoms with Crippen LogP contribution in [0, 0.1) is 6.92 Å². The predicted octanol–water partition coefficient (Wildman–Crippen LogP) is 3.55. The van der Waals surface area contributed by atoms with E-state index in [0.717, 1.165) is 28.1 Å². The number of carbonyl (C=O) groups excluding carboxylic acids is 1. The fourth-order valence-electron chi connectivity index (χ4n) is 2.59. The summed E-state index contributed by atoms with van der Waals surface area (Å²) in [6, 6.07) is 17.2. The molecule has 1 amide bonds. The number of nitrogens with zero attached hydrogens (tertiary/aromatic N) is 2. The van der Waals surface area contributed by atoms with E-state index in [9.17, 15) is 4.79 Å². The van der Waals surface area contributed by atoms with Crippen LogP contribution in [0.3, 0.4) is 0 Å². The molecule has 1 aromatic heterocycles. The van der Waals surface area contributed by atoms with Gasteiger partial charge in [0, 0.05) is 16.7 Å². The van der Waals surface area contributed by atoms with Gasteiger partial charge in [0.15, 0.2) is 0 Å². The summed E-state index contributed by atoms with van der Waals surface area (Å²) in [4.78, 5) is 12.4. The number of carbonyl (C=O) groups is 1. The smallest absolute Gasteiger partial charge is 0.289 e. The minimum atomic E-state index is -0.345. The predicted molar refractivity (Wildman–Crippen MR) is 101 cm³/mol. The topological polar surface area (TPSA) is 79.4 Å². The normalized spacial score (nSPS) is 10.8. The molecule has 0 unspecified atom stereocenters. The molecule has 0 bridgehead atoms. The van der Waals surface area contributed by atoms with Crippen LogP contribution in [0.1, 0.15) is 28.5 Å². The van der Waals surface area contributed by atoms with Crippen LogP contribution in [0.2, 0.25) is 0 Å². The van der Waals surface area contributed by atoms with Crippen LogP contribution < -0.4 is 10.2 Å². The van der Waals surface area contributed by atoms with E-state index >= 15 is 0 Å². The first-order valence-corrected chi connectivity index (χ1v) is 8.36. The lowest BCUT2D eigenvalue weighted by atomic mass is 10.1. The Morgan fingerprint density at radius 3 is 2.69 bits per heavy atom. The van der Waals surface area contributed by atoms with Crippen molar-refractivity contribution in [3.8, 4) is 17.0 Å². The monoisotopic (exact) mass is 348 g/mol. The third-order valence-corrected chi connectivity index (χ3v) is 3.87. The summed E-state index contributed by atoms with van der Waals surface area (Å²) >= 11 is 0. The van der Waals surface area contributed by atoms with Crippen molar-refractivity contribution in [1.82, 2.24) is 15.6 Å². The maximum absolute atomic E-state index is 12.4. The summed E-state index contributed by atoms with van der Waals surface area (Å²) in [6.45, 7) is 4.34. The number of ether oxygens (including phenoxy) is 1.